The Balaban J connectivity index is 0.00000856. The maximum atomic E-state index is 15.1. The molecule has 4 aromatic rings. The first-order valence-electron chi connectivity index (χ1n) is 29.2. The number of phenolic OH excluding ortho intramolecular Hbond substituents is 1. The van der Waals surface area contributed by atoms with Crippen LogP contribution < -0.4 is 64.4 Å². The fourth-order valence-electron chi connectivity index (χ4n) is 9.53. The molecule has 488 valence electrons. The van der Waals surface area contributed by atoms with Crippen LogP contribution >= 0.6 is 11.8 Å². The van der Waals surface area contributed by atoms with Crippen LogP contribution in [0.5, 0.6) is 5.75 Å². The molecule has 0 saturated carbocycles. The zero-order valence-corrected chi connectivity index (χ0v) is 53.9. The topological polar surface area (TPSA) is 449 Å². The van der Waals surface area contributed by atoms with Crippen LogP contribution in [0.3, 0.4) is 0 Å². The maximum absolute atomic E-state index is 15.1. The predicted molar refractivity (Wildman–Crippen MR) is 333 cm³/mol. The molecule has 27 nitrogen and oxygen atoms in total. The third-order valence-corrected chi connectivity index (χ3v) is 15.8. The van der Waals surface area contributed by atoms with Crippen LogP contribution in [0.4, 0.5) is 0 Å². The number of H-pyrrole nitrogens is 1. The van der Waals surface area contributed by atoms with Crippen molar-refractivity contribution in [2.24, 2.45) is 38.1 Å². The molecule has 1 aliphatic heterocycles. The molecule has 1 fully saturated rings. The van der Waals surface area contributed by atoms with E-state index in [2.05, 4.69) is 51.9 Å². The number of aromatic hydroxyl groups is 1. The van der Waals surface area contributed by atoms with Crippen LogP contribution in [0.1, 0.15) is 75.5 Å². The Hall–Kier alpha value is -7.76. The number of unbranched alkanes of at least 4 members (excludes halogenated alkanes) is 2. The number of phenols is 1. The molecule has 0 spiro atoms. The minimum absolute atomic E-state index is 0.0176. The second kappa shape index (κ2) is 39.4. The Kier molecular flexibility index (Phi) is 32.7. The van der Waals surface area contributed by atoms with Crippen LogP contribution in [-0.2, 0) is 92.6 Å². The molecule has 1 aromatic heterocycles. The number of primary amides is 1. The SMILES string of the molecule is CC(C)[C@@H]1NC(=O)[C@H](CCCCN)NC(=O)[C@@H](Cc2c[nH]c3ccccc23)NC(=O)[C@H](Cc2ccc(O)cc2)NC(=O)[C@H](Cc2ccccc2)N(C)C(=O)[C@H](CCSCC([O-])=NCC([O-])=NCC([O-])=N[C@@H](C[S-])C(=O)N[C@@H](CCCCN)C(N)=O)NC1=O.[O]=[99Tc+3]. The Labute approximate surface area is 542 Å². The van der Waals surface area contributed by atoms with Gasteiger partial charge in [-0.15, -0.1) is 5.75 Å². The molecular formula is C60H80N14O13S2Tc-. The van der Waals surface area contributed by atoms with Crippen LogP contribution in [0.15, 0.2) is 100 Å². The summed E-state index contributed by atoms with van der Waals surface area (Å²) in [6.07, 6.45) is 3.53. The number of fused-ring (bicyclic) bond motifs is 1. The zero-order valence-electron chi connectivity index (χ0n) is 50.4. The molecule has 2 heterocycles. The molecule has 0 radical (unpaired) electrons. The van der Waals surface area contributed by atoms with Crippen LogP contribution in [0, 0.1) is 5.92 Å². The number of carbonyl (C=O) groups is 8. The average Bonchev–Trinajstić information content (AvgIpc) is 1.57. The number of carbonyl (C=O) groups excluding carboxylic acids is 8. The van der Waals surface area contributed by atoms with Crippen molar-refractivity contribution < 1.29 is 81.1 Å². The monoisotopic (exact) mass is 1370 g/mol. The summed E-state index contributed by atoms with van der Waals surface area (Å²) in [6, 6.07) is 11.7. The fraction of sp³-hybridized carbons (Fsp3) is 0.483. The third kappa shape index (κ3) is 24.6. The van der Waals surface area contributed by atoms with Crippen molar-refractivity contribution in [3.63, 3.8) is 0 Å². The first kappa shape index (κ1) is 74.7. The van der Waals surface area contributed by atoms with Gasteiger partial charge in [0.1, 0.15) is 54.1 Å². The van der Waals surface area contributed by atoms with E-state index in [0.717, 1.165) is 46.4 Å². The Morgan fingerprint density at radius 2 is 1.28 bits per heavy atom. The van der Waals surface area contributed by atoms with Gasteiger partial charge in [0, 0.05) is 49.2 Å². The fourth-order valence-corrected chi connectivity index (χ4v) is 10.6. The summed E-state index contributed by atoms with van der Waals surface area (Å²) >= 11 is 6.88. The van der Waals surface area contributed by atoms with Crippen molar-refractivity contribution in [3.05, 3.63) is 102 Å². The number of aromatic nitrogens is 1. The van der Waals surface area contributed by atoms with Crippen molar-refractivity contribution in [3.8, 4) is 5.75 Å². The number of nitrogens with zero attached hydrogens (tertiary/aromatic N) is 4. The number of aromatic amines is 1. The summed E-state index contributed by atoms with van der Waals surface area (Å²) < 4.78 is 8.22. The van der Waals surface area contributed by atoms with Gasteiger partial charge in [-0.2, -0.15) is 11.8 Å². The molecule has 0 aliphatic carbocycles. The summed E-state index contributed by atoms with van der Waals surface area (Å²) in [5.41, 5.74) is 19.3. The van der Waals surface area contributed by atoms with Gasteiger partial charge in [-0.1, -0.05) is 74.5 Å². The summed E-state index contributed by atoms with van der Waals surface area (Å²) in [6.45, 7) is 2.48. The molecule has 8 amide bonds. The van der Waals surface area contributed by atoms with Crippen LogP contribution in [0.2, 0.25) is 0 Å². The first-order chi connectivity index (χ1) is 43.1. The number of rotatable bonds is 29. The summed E-state index contributed by atoms with van der Waals surface area (Å²) in [4.78, 5) is 129. The Morgan fingerprint density at radius 3 is 1.93 bits per heavy atom. The second-order valence-corrected chi connectivity index (χ2v) is 23.0. The molecule has 0 unspecified atom stereocenters. The molecule has 1 saturated heterocycles. The number of likely N-dealkylation sites (N-methyl/N-ethyl adjacent to an activating group) is 1. The van der Waals surface area contributed by atoms with Crippen molar-refractivity contribution in [1.82, 2.24) is 41.8 Å². The number of thioether (sulfide) groups is 1. The van der Waals surface area contributed by atoms with Gasteiger partial charge < -0.3 is 92.0 Å². The number of hydrogen-bond donors (Lipinski definition) is 11. The van der Waals surface area contributed by atoms with Gasteiger partial charge in [0.25, 0.3) is 0 Å². The summed E-state index contributed by atoms with van der Waals surface area (Å²) in [7, 11) is 1.37. The van der Waals surface area contributed by atoms with E-state index in [-0.39, 0.29) is 68.1 Å². The first-order valence-corrected chi connectivity index (χ1v) is 31.7. The second-order valence-electron chi connectivity index (χ2n) is 21.6. The molecule has 14 N–H and O–H groups in total. The van der Waals surface area contributed by atoms with E-state index in [1.165, 1.54) is 19.2 Å². The molecule has 3 aromatic carbocycles. The Morgan fingerprint density at radius 1 is 0.700 bits per heavy atom. The molecule has 30 heteroatoms. The van der Waals surface area contributed by atoms with Gasteiger partial charge in [-0.25, -0.2) is 0 Å². The van der Waals surface area contributed by atoms with Crippen molar-refractivity contribution in [2.45, 2.75) is 126 Å². The van der Waals surface area contributed by atoms with Gasteiger partial charge in [-0.05, 0) is 122 Å². The molecule has 8 atom stereocenters. The molecule has 0 bridgehead atoms. The number of benzene rings is 3. The number of para-hydroxylation sites is 1. The van der Waals surface area contributed by atoms with Crippen LogP contribution in [0.25, 0.3) is 10.9 Å². The van der Waals surface area contributed by atoms with Crippen molar-refractivity contribution in [2.75, 3.05) is 50.5 Å². The van der Waals surface area contributed by atoms with Gasteiger partial charge in [0.05, 0.1) is 13.1 Å². The number of hydrogen-bond acceptors (Lipinski definition) is 20. The van der Waals surface area contributed by atoms with E-state index in [1.54, 1.807) is 62.5 Å². The van der Waals surface area contributed by atoms with E-state index in [4.69, 9.17) is 33.3 Å². The van der Waals surface area contributed by atoms with E-state index < -0.39 is 132 Å². The number of amides is 8. The molecule has 90 heavy (non-hydrogen) atoms. The van der Waals surface area contributed by atoms with Crippen molar-refractivity contribution >= 4 is 100 Å². The molecule has 5 rings (SSSR count). The zero-order chi connectivity index (χ0) is 66.3. The van der Waals surface area contributed by atoms with Gasteiger partial charge >= 0.3 is 22.4 Å². The quantitative estimate of drug-likeness (QED) is 0.0114. The van der Waals surface area contributed by atoms with E-state index in [1.807, 2.05) is 24.3 Å². The van der Waals surface area contributed by atoms with E-state index in [9.17, 15) is 49.2 Å². The van der Waals surface area contributed by atoms with Crippen LogP contribution in [-0.4, -0.2) is 179 Å². The van der Waals surface area contributed by atoms with Gasteiger partial charge in [-0.3, -0.25) is 53.3 Å². The number of aliphatic imine (C=N–C) groups is 3. The van der Waals surface area contributed by atoms with E-state index in [0.29, 0.717) is 48.9 Å². The number of nitrogens with one attached hydrogen (secondary N) is 7. The molecule has 1 aliphatic rings. The van der Waals surface area contributed by atoms with E-state index >= 15 is 9.59 Å². The molecular weight excluding hydrogens is 1290 g/mol. The predicted octanol–water partition coefficient (Wildman–Crippen LogP) is -2.76. The number of nitrogens with two attached hydrogens (primary N) is 3. The van der Waals surface area contributed by atoms with Gasteiger partial charge in [0.2, 0.25) is 47.3 Å². The standard InChI is InChI=1S/C60H84N14O12S2.O.Tc/c1-35(2)52-59(85)70-44(23-26-88-34-51(78)66-31-49(76)65-32-50(77)67-47(33-87)57(83)68-42(53(63)79)17-9-11-24-61)60(86)74(3)48(28-36-13-5-4-6-14-36)58(84)72-45(27-37-19-21-39(75)22-20-37)55(81)71-46(29-38-30-64-41-16-8-7-15-40(38)41)56(82)69-43(54(80)73-52)18-10-12-25-62;;/h4-8,13-16,19-22,30,35,42-48,52,64,75,87H,9-12,17-18,23-29,31-34,61-62H2,1-3H3,(H2,63,79)(H,65,76)(H,66,78)(H,67,77)(H,68,83)(H,69,82)(H,70,85)(H,71,81)(H,72,84)(H,73,80);;/q;;+3/p-4/t42-,43-,44-,45-,46+,47-,48-,52-;;/m0../s1/i;;1+1. The van der Waals surface area contributed by atoms with Crippen molar-refractivity contribution in [1.29, 1.82) is 0 Å². The normalized spacial score (nSPS) is 20.1. The average molecular weight is 1370 g/mol. The third-order valence-electron chi connectivity index (χ3n) is 14.5. The Bertz CT molecular complexity index is 3100. The summed E-state index contributed by atoms with van der Waals surface area (Å²) in [5, 5.41) is 65.7. The minimum atomic E-state index is -1.40. The summed E-state index contributed by atoms with van der Waals surface area (Å²) in [5.74, 6) is -10.1. The van der Waals surface area contributed by atoms with Gasteiger partial charge in [0.15, 0.2) is 0 Å².